The number of hydrogen-bond acceptors (Lipinski definition) is 4. The predicted molar refractivity (Wildman–Crippen MR) is 54.8 cm³/mol. The Kier molecular flexibility index (Phi) is 5.49. The maximum atomic E-state index is 10.6. The quantitative estimate of drug-likeness (QED) is 0.488. The molecule has 0 amide bonds. The maximum absolute atomic E-state index is 10.6. The summed E-state index contributed by atoms with van der Waals surface area (Å²) >= 11 is 0. The van der Waals surface area contributed by atoms with Crippen molar-refractivity contribution in [3.63, 3.8) is 0 Å². The third-order valence-corrected chi connectivity index (χ3v) is 2.39. The van der Waals surface area contributed by atoms with E-state index in [4.69, 9.17) is 4.74 Å². The molecule has 0 aliphatic carbocycles. The second kappa shape index (κ2) is 5.51. The van der Waals surface area contributed by atoms with Gasteiger partial charge in [-0.25, -0.2) is 8.42 Å². The van der Waals surface area contributed by atoms with Crippen molar-refractivity contribution in [1.29, 1.82) is 0 Å². The van der Waals surface area contributed by atoms with E-state index in [0.29, 0.717) is 5.75 Å². The van der Waals surface area contributed by atoms with Crippen molar-refractivity contribution < 1.29 is 47.3 Å². The van der Waals surface area contributed by atoms with Gasteiger partial charge in [0.05, 0.1) is 4.90 Å². The molecule has 0 saturated carbocycles. The summed E-state index contributed by atoms with van der Waals surface area (Å²) in [7, 11) is -4.37. The Labute approximate surface area is 118 Å². The van der Waals surface area contributed by atoms with Crippen LogP contribution in [0.5, 0.6) is 5.75 Å². The van der Waals surface area contributed by atoms with Crippen molar-refractivity contribution >= 4 is 10.1 Å². The Morgan fingerprint density at radius 3 is 1.88 bits per heavy atom. The molecule has 4 nitrogen and oxygen atoms in total. The average molecular weight is 252 g/mol. The maximum Gasteiger partial charge on any atom is 1.00 e. The summed E-state index contributed by atoms with van der Waals surface area (Å²) in [5.74, 6) is 0.537. The Balaban J connectivity index is 0.00000225. The SMILES string of the molecule is CC(C)(C)Oc1ccc(S(=O)(=O)[O-])cc1.[Na+]. The van der Waals surface area contributed by atoms with Crippen molar-refractivity contribution in [1.82, 2.24) is 0 Å². The molecule has 1 aromatic rings. The Morgan fingerprint density at radius 2 is 1.56 bits per heavy atom. The number of rotatable bonds is 2. The molecule has 0 unspecified atom stereocenters. The minimum atomic E-state index is -4.37. The summed E-state index contributed by atoms with van der Waals surface area (Å²) < 4.78 is 37.4. The van der Waals surface area contributed by atoms with Gasteiger partial charge in [0.2, 0.25) is 0 Å². The minimum Gasteiger partial charge on any atom is -0.744 e. The van der Waals surface area contributed by atoms with Gasteiger partial charge in [-0.3, -0.25) is 0 Å². The first kappa shape index (κ1) is 15.9. The zero-order valence-corrected chi connectivity index (χ0v) is 12.7. The summed E-state index contributed by atoms with van der Waals surface area (Å²) in [5.41, 5.74) is -0.349. The van der Waals surface area contributed by atoms with Crippen molar-refractivity contribution in [3.8, 4) is 5.75 Å². The molecule has 0 saturated heterocycles. The van der Waals surface area contributed by atoms with Crippen molar-refractivity contribution in [3.05, 3.63) is 24.3 Å². The fourth-order valence-electron chi connectivity index (χ4n) is 1.03. The van der Waals surface area contributed by atoms with Crippen LogP contribution in [0.25, 0.3) is 0 Å². The van der Waals surface area contributed by atoms with Crippen LogP contribution < -0.4 is 34.3 Å². The number of hydrogen-bond donors (Lipinski definition) is 0. The van der Waals surface area contributed by atoms with Crippen LogP contribution in [0.15, 0.2) is 29.2 Å². The molecule has 84 valence electrons. The standard InChI is InChI=1S/C10H14O4S.Na/c1-10(2,3)14-8-4-6-9(7-5-8)15(11,12)13;/h4-7H,1-3H3,(H,11,12,13);/q;+1/p-1. The van der Waals surface area contributed by atoms with Gasteiger partial charge in [0.1, 0.15) is 21.5 Å². The zero-order valence-electron chi connectivity index (χ0n) is 9.85. The van der Waals surface area contributed by atoms with E-state index in [9.17, 15) is 13.0 Å². The minimum absolute atomic E-state index is 0. The number of ether oxygens (including phenoxy) is 1. The van der Waals surface area contributed by atoms with Crippen LogP contribution in [0.2, 0.25) is 0 Å². The van der Waals surface area contributed by atoms with E-state index in [0.717, 1.165) is 0 Å². The molecule has 0 atom stereocenters. The Bertz CT molecular complexity index is 431. The molecular weight excluding hydrogens is 239 g/mol. The molecule has 0 aliphatic heterocycles. The second-order valence-corrected chi connectivity index (χ2v) is 5.52. The molecule has 0 aliphatic rings. The molecule has 0 N–H and O–H groups in total. The Hall–Kier alpha value is -0.0700. The van der Waals surface area contributed by atoms with E-state index in [1.807, 2.05) is 20.8 Å². The largest absolute Gasteiger partial charge is 1.00 e. The summed E-state index contributed by atoms with van der Waals surface area (Å²) in [6, 6.07) is 5.42. The van der Waals surface area contributed by atoms with Crippen molar-refractivity contribution in [2.45, 2.75) is 31.3 Å². The molecule has 0 aromatic heterocycles. The first-order valence-electron chi connectivity index (χ1n) is 4.43. The second-order valence-electron chi connectivity index (χ2n) is 4.14. The van der Waals surface area contributed by atoms with Gasteiger partial charge >= 0.3 is 29.6 Å². The van der Waals surface area contributed by atoms with E-state index in [2.05, 4.69) is 0 Å². The van der Waals surface area contributed by atoms with E-state index < -0.39 is 10.1 Å². The molecule has 0 heterocycles. The summed E-state index contributed by atoms with van der Waals surface area (Å²) in [5, 5.41) is 0. The van der Waals surface area contributed by atoms with Crippen LogP contribution in [-0.2, 0) is 10.1 Å². The van der Waals surface area contributed by atoms with Crippen LogP contribution in [0.4, 0.5) is 0 Å². The molecule has 6 heteroatoms. The molecule has 0 bridgehead atoms. The third-order valence-electron chi connectivity index (χ3n) is 1.54. The van der Waals surface area contributed by atoms with Gasteiger partial charge < -0.3 is 9.29 Å². The van der Waals surface area contributed by atoms with Gasteiger partial charge in [0, 0.05) is 0 Å². The molecule has 0 fully saturated rings. The van der Waals surface area contributed by atoms with Crippen molar-refractivity contribution in [2.75, 3.05) is 0 Å². The summed E-state index contributed by atoms with van der Waals surface area (Å²) in [6.45, 7) is 5.64. The van der Waals surface area contributed by atoms with Gasteiger partial charge in [0.25, 0.3) is 0 Å². The van der Waals surface area contributed by atoms with Gasteiger partial charge in [0.15, 0.2) is 0 Å². The number of benzene rings is 1. The monoisotopic (exact) mass is 252 g/mol. The predicted octanol–water partition coefficient (Wildman–Crippen LogP) is -1.23. The summed E-state index contributed by atoms with van der Waals surface area (Å²) in [4.78, 5) is -0.247. The molecule has 0 radical (unpaired) electrons. The normalized spacial score (nSPS) is 11.8. The van der Waals surface area contributed by atoms with Crippen LogP contribution in [-0.4, -0.2) is 18.6 Å². The van der Waals surface area contributed by atoms with Gasteiger partial charge in [-0.15, -0.1) is 0 Å². The average Bonchev–Trinajstić information content (AvgIpc) is 2.00. The smallest absolute Gasteiger partial charge is 0.744 e. The summed E-state index contributed by atoms with van der Waals surface area (Å²) in [6.07, 6.45) is 0. The van der Waals surface area contributed by atoms with Crippen LogP contribution in [0.3, 0.4) is 0 Å². The topological polar surface area (TPSA) is 66.4 Å². The van der Waals surface area contributed by atoms with E-state index in [1.165, 1.54) is 24.3 Å². The van der Waals surface area contributed by atoms with Crippen LogP contribution >= 0.6 is 0 Å². The molecule has 16 heavy (non-hydrogen) atoms. The fraction of sp³-hybridized carbons (Fsp3) is 0.400. The van der Waals surface area contributed by atoms with E-state index >= 15 is 0 Å². The van der Waals surface area contributed by atoms with Gasteiger partial charge in [-0.2, -0.15) is 0 Å². The van der Waals surface area contributed by atoms with Gasteiger partial charge in [-0.1, -0.05) is 0 Å². The first-order valence-corrected chi connectivity index (χ1v) is 5.84. The molecular formula is C10H13NaO4S. The van der Waals surface area contributed by atoms with E-state index in [1.54, 1.807) is 0 Å². The van der Waals surface area contributed by atoms with Crippen molar-refractivity contribution in [2.24, 2.45) is 0 Å². The molecule has 1 aromatic carbocycles. The van der Waals surface area contributed by atoms with Crippen LogP contribution in [0, 0.1) is 0 Å². The van der Waals surface area contributed by atoms with E-state index in [-0.39, 0.29) is 40.1 Å². The fourth-order valence-corrected chi connectivity index (χ4v) is 1.50. The third kappa shape index (κ3) is 5.32. The first-order chi connectivity index (χ1) is 6.68. The zero-order chi connectivity index (χ0) is 11.7. The van der Waals surface area contributed by atoms with Crippen LogP contribution in [0.1, 0.15) is 20.8 Å². The molecule has 1 rings (SSSR count). The molecule has 0 spiro atoms. The Morgan fingerprint density at radius 1 is 1.12 bits per heavy atom. The van der Waals surface area contributed by atoms with Gasteiger partial charge in [-0.05, 0) is 45.0 Å².